The van der Waals surface area contributed by atoms with Crippen molar-refractivity contribution in [2.45, 2.75) is 39.2 Å². The summed E-state index contributed by atoms with van der Waals surface area (Å²) in [5.41, 5.74) is 5.41. The Morgan fingerprint density at radius 3 is 2.50 bits per heavy atom. The van der Waals surface area contributed by atoms with E-state index < -0.39 is 0 Å². The van der Waals surface area contributed by atoms with Gasteiger partial charge in [0.05, 0.1) is 17.8 Å². The highest BCUT2D eigenvalue weighted by Gasteiger charge is 2.23. The molecule has 1 saturated heterocycles. The van der Waals surface area contributed by atoms with Gasteiger partial charge in [-0.2, -0.15) is 0 Å². The molecule has 0 aliphatic carbocycles. The van der Waals surface area contributed by atoms with Gasteiger partial charge in [-0.15, -0.1) is 0 Å². The van der Waals surface area contributed by atoms with E-state index in [1.165, 1.54) is 17.7 Å². The molecule has 2 N–H and O–H groups in total. The summed E-state index contributed by atoms with van der Waals surface area (Å²) in [5.74, 6) is 2.15. The molecule has 5 rings (SSSR count). The SMILES string of the molecule is CC(C)COc1ccc(CNc2nc(C3CCNC3)c3c(Cc4ccc(F)cc4)cccc3n2)cc1. The van der Waals surface area contributed by atoms with E-state index in [-0.39, 0.29) is 5.82 Å². The molecular formula is C30H33FN4O. The van der Waals surface area contributed by atoms with Crippen LogP contribution in [0.1, 0.15) is 48.6 Å². The lowest BCUT2D eigenvalue weighted by atomic mass is 9.94. The summed E-state index contributed by atoms with van der Waals surface area (Å²) in [4.78, 5) is 9.91. The maximum atomic E-state index is 13.4. The van der Waals surface area contributed by atoms with E-state index in [2.05, 4.69) is 48.7 Å². The lowest BCUT2D eigenvalue weighted by molar-refractivity contribution is 0.271. The van der Waals surface area contributed by atoms with Crippen molar-refractivity contribution in [3.63, 3.8) is 0 Å². The minimum Gasteiger partial charge on any atom is -0.493 e. The van der Waals surface area contributed by atoms with Gasteiger partial charge < -0.3 is 15.4 Å². The second-order valence-corrected chi connectivity index (χ2v) is 9.94. The van der Waals surface area contributed by atoms with Crippen LogP contribution in [0.3, 0.4) is 0 Å². The molecule has 3 aromatic carbocycles. The van der Waals surface area contributed by atoms with Gasteiger partial charge >= 0.3 is 0 Å². The number of benzene rings is 3. The number of hydrogen-bond acceptors (Lipinski definition) is 5. The van der Waals surface area contributed by atoms with Crippen molar-refractivity contribution in [2.24, 2.45) is 5.92 Å². The lowest BCUT2D eigenvalue weighted by Gasteiger charge is -2.17. The van der Waals surface area contributed by atoms with Crippen molar-refractivity contribution in [1.29, 1.82) is 0 Å². The first-order valence-corrected chi connectivity index (χ1v) is 12.8. The van der Waals surface area contributed by atoms with Crippen LogP contribution in [0.15, 0.2) is 66.7 Å². The fourth-order valence-electron chi connectivity index (χ4n) is 4.66. The summed E-state index contributed by atoms with van der Waals surface area (Å²) in [7, 11) is 0. The number of rotatable bonds is 9. The van der Waals surface area contributed by atoms with Gasteiger partial charge in [0, 0.05) is 24.4 Å². The number of fused-ring (bicyclic) bond motifs is 1. The second kappa shape index (κ2) is 11.0. The summed E-state index contributed by atoms with van der Waals surface area (Å²) in [5, 5.41) is 8.03. The molecule has 36 heavy (non-hydrogen) atoms. The first-order chi connectivity index (χ1) is 17.5. The van der Waals surface area contributed by atoms with Gasteiger partial charge in [-0.1, -0.05) is 50.2 Å². The van der Waals surface area contributed by atoms with Crippen LogP contribution in [0.2, 0.25) is 0 Å². The van der Waals surface area contributed by atoms with Crippen LogP contribution in [0, 0.1) is 11.7 Å². The monoisotopic (exact) mass is 484 g/mol. The smallest absolute Gasteiger partial charge is 0.223 e. The van der Waals surface area contributed by atoms with Crippen LogP contribution in [0.25, 0.3) is 10.9 Å². The average molecular weight is 485 g/mol. The fourth-order valence-corrected chi connectivity index (χ4v) is 4.66. The molecule has 1 unspecified atom stereocenters. The molecule has 1 aliphatic heterocycles. The van der Waals surface area contributed by atoms with Gasteiger partial charge in [0.25, 0.3) is 0 Å². The average Bonchev–Trinajstić information content (AvgIpc) is 3.43. The molecule has 1 atom stereocenters. The zero-order valence-corrected chi connectivity index (χ0v) is 20.9. The van der Waals surface area contributed by atoms with Gasteiger partial charge in [-0.05, 0) is 72.3 Å². The fraction of sp³-hybridized carbons (Fsp3) is 0.333. The Hall–Kier alpha value is -3.51. The highest BCUT2D eigenvalue weighted by atomic mass is 19.1. The third-order valence-electron chi connectivity index (χ3n) is 6.55. The van der Waals surface area contributed by atoms with E-state index in [9.17, 15) is 4.39 Å². The molecule has 1 aliphatic rings. The van der Waals surface area contributed by atoms with Crippen LogP contribution in [0.5, 0.6) is 5.75 Å². The molecule has 0 radical (unpaired) electrons. The number of halogens is 1. The number of anilines is 1. The number of nitrogens with one attached hydrogen (secondary N) is 2. The normalized spacial score (nSPS) is 15.5. The second-order valence-electron chi connectivity index (χ2n) is 9.94. The quantitative estimate of drug-likeness (QED) is 0.301. The highest BCUT2D eigenvalue weighted by molar-refractivity contribution is 5.86. The molecule has 0 bridgehead atoms. The van der Waals surface area contributed by atoms with Crippen LogP contribution in [0.4, 0.5) is 10.3 Å². The summed E-state index contributed by atoms with van der Waals surface area (Å²) < 4.78 is 19.2. The zero-order valence-electron chi connectivity index (χ0n) is 20.9. The molecule has 0 saturated carbocycles. The molecule has 0 amide bonds. The van der Waals surface area contributed by atoms with E-state index >= 15 is 0 Å². The first kappa shape index (κ1) is 24.2. The number of aromatic nitrogens is 2. The van der Waals surface area contributed by atoms with Crippen LogP contribution < -0.4 is 15.4 Å². The topological polar surface area (TPSA) is 59.1 Å². The van der Waals surface area contributed by atoms with Gasteiger partial charge in [0.2, 0.25) is 5.95 Å². The minimum absolute atomic E-state index is 0.217. The van der Waals surface area contributed by atoms with Crippen molar-refractivity contribution in [3.05, 3.63) is 94.9 Å². The van der Waals surface area contributed by atoms with E-state index in [0.717, 1.165) is 53.0 Å². The van der Waals surface area contributed by atoms with Crippen molar-refractivity contribution >= 4 is 16.9 Å². The predicted octanol–water partition coefficient (Wildman–Crippen LogP) is 6.08. The molecule has 186 valence electrons. The van der Waals surface area contributed by atoms with Crippen molar-refractivity contribution in [2.75, 3.05) is 25.0 Å². The van der Waals surface area contributed by atoms with Gasteiger partial charge in [0.1, 0.15) is 11.6 Å². The Labute approximate surface area is 212 Å². The first-order valence-electron chi connectivity index (χ1n) is 12.8. The number of ether oxygens (including phenoxy) is 1. The maximum Gasteiger partial charge on any atom is 0.223 e. The van der Waals surface area contributed by atoms with E-state index in [1.54, 1.807) is 0 Å². The maximum absolute atomic E-state index is 13.4. The summed E-state index contributed by atoms with van der Waals surface area (Å²) in [6, 6.07) is 21.1. The molecule has 4 aromatic rings. The predicted molar refractivity (Wildman–Crippen MR) is 143 cm³/mol. The van der Waals surface area contributed by atoms with E-state index in [4.69, 9.17) is 14.7 Å². The Kier molecular flexibility index (Phi) is 7.42. The molecule has 2 heterocycles. The van der Waals surface area contributed by atoms with Crippen molar-refractivity contribution in [1.82, 2.24) is 15.3 Å². The van der Waals surface area contributed by atoms with Crippen molar-refractivity contribution < 1.29 is 9.13 Å². The number of nitrogens with zero attached hydrogens (tertiary/aromatic N) is 2. The highest BCUT2D eigenvalue weighted by Crippen LogP contribution is 2.32. The molecule has 5 nitrogen and oxygen atoms in total. The van der Waals surface area contributed by atoms with Gasteiger partial charge in [-0.25, -0.2) is 14.4 Å². The Bertz CT molecular complexity index is 1300. The Morgan fingerprint density at radius 2 is 1.78 bits per heavy atom. The lowest BCUT2D eigenvalue weighted by Crippen LogP contribution is -2.12. The summed E-state index contributed by atoms with van der Waals surface area (Å²) in [6.07, 6.45) is 1.76. The summed E-state index contributed by atoms with van der Waals surface area (Å²) in [6.45, 7) is 7.53. The van der Waals surface area contributed by atoms with Crippen LogP contribution in [-0.4, -0.2) is 29.7 Å². The molecule has 6 heteroatoms. The minimum atomic E-state index is -0.217. The van der Waals surface area contributed by atoms with Crippen molar-refractivity contribution in [3.8, 4) is 5.75 Å². The van der Waals surface area contributed by atoms with Crippen LogP contribution >= 0.6 is 0 Å². The van der Waals surface area contributed by atoms with E-state index in [0.29, 0.717) is 37.4 Å². The Morgan fingerprint density at radius 1 is 1.00 bits per heavy atom. The molecule has 1 fully saturated rings. The van der Waals surface area contributed by atoms with Gasteiger partial charge in [-0.3, -0.25) is 0 Å². The Balaban J connectivity index is 1.40. The standard InChI is InChI=1S/C30H33FN4O/c1-20(2)19-36-26-12-8-22(9-13-26)17-33-30-34-27-5-3-4-23(16-21-6-10-25(31)11-7-21)28(27)29(35-30)24-14-15-32-18-24/h3-13,20,24,32H,14-19H2,1-2H3,(H,33,34,35). The number of hydrogen-bond donors (Lipinski definition) is 2. The third-order valence-corrected chi connectivity index (χ3v) is 6.55. The molecular weight excluding hydrogens is 451 g/mol. The molecule has 1 aromatic heterocycles. The van der Waals surface area contributed by atoms with E-state index in [1.807, 2.05) is 30.3 Å². The summed E-state index contributed by atoms with van der Waals surface area (Å²) >= 11 is 0. The third kappa shape index (κ3) is 5.82. The molecule has 0 spiro atoms. The van der Waals surface area contributed by atoms with Crippen LogP contribution in [-0.2, 0) is 13.0 Å². The largest absolute Gasteiger partial charge is 0.493 e. The zero-order chi connectivity index (χ0) is 24.9. The van der Waals surface area contributed by atoms with Gasteiger partial charge in [0.15, 0.2) is 0 Å².